The lowest BCUT2D eigenvalue weighted by atomic mass is 9.97. The maximum absolute atomic E-state index is 12.1. The van der Waals surface area contributed by atoms with E-state index in [1.807, 2.05) is 20.8 Å². The summed E-state index contributed by atoms with van der Waals surface area (Å²) in [5, 5.41) is 2.98. The number of aromatic nitrogens is 2. The van der Waals surface area contributed by atoms with Gasteiger partial charge < -0.3 is 16.0 Å². The summed E-state index contributed by atoms with van der Waals surface area (Å²) in [6.45, 7) is 7.37. The predicted octanol–water partition coefficient (Wildman–Crippen LogP) is 1.11. The van der Waals surface area contributed by atoms with Crippen molar-refractivity contribution in [3.63, 3.8) is 0 Å². The molecule has 20 heavy (non-hydrogen) atoms. The molecule has 1 saturated heterocycles. The van der Waals surface area contributed by atoms with Crippen LogP contribution < -0.4 is 16.0 Å². The van der Waals surface area contributed by atoms with Crippen molar-refractivity contribution in [2.45, 2.75) is 39.7 Å². The van der Waals surface area contributed by atoms with Gasteiger partial charge in [-0.3, -0.25) is 4.79 Å². The van der Waals surface area contributed by atoms with Gasteiger partial charge in [0, 0.05) is 30.9 Å². The van der Waals surface area contributed by atoms with Crippen LogP contribution in [-0.4, -0.2) is 35.0 Å². The van der Waals surface area contributed by atoms with Gasteiger partial charge in [0.15, 0.2) is 0 Å². The Hall–Kier alpha value is -1.85. The van der Waals surface area contributed by atoms with E-state index in [0.717, 1.165) is 25.1 Å². The van der Waals surface area contributed by atoms with Crippen LogP contribution >= 0.6 is 0 Å². The highest BCUT2D eigenvalue weighted by atomic mass is 16.2. The van der Waals surface area contributed by atoms with E-state index in [-0.39, 0.29) is 17.9 Å². The summed E-state index contributed by atoms with van der Waals surface area (Å²) in [5.74, 6) is 1.22. The van der Waals surface area contributed by atoms with E-state index in [0.29, 0.717) is 18.3 Å². The molecule has 110 valence electrons. The SMILES string of the molecule is Cc1cc(N)nc(N2CCC[C@H](C(=O)NC(C)C)C2)n1. The third-order valence-electron chi connectivity index (χ3n) is 3.37. The molecule has 0 aromatic carbocycles. The lowest BCUT2D eigenvalue weighted by Crippen LogP contribution is -2.45. The third kappa shape index (κ3) is 3.59. The van der Waals surface area contributed by atoms with Crippen molar-refractivity contribution in [1.29, 1.82) is 0 Å². The second-order valence-electron chi connectivity index (χ2n) is 5.68. The van der Waals surface area contributed by atoms with E-state index in [2.05, 4.69) is 20.2 Å². The molecule has 0 spiro atoms. The molecule has 0 saturated carbocycles. The normalized spacial score (nSPS) is 19.2. The third-order valence-corrected chi connectivity index (χ3v) is 3.37. The van der Waals surface area contributed by atoms with Crippen LogP contribution in [0, 0.1) is 12.8 Å². The highest BCUT2D eigenvalue weighted by Gasteiger charge is 2.27. The van der Waals surface area contributed by atoms with Crippen LogP contribution in [0.3, 0.4) is 0 Å². The Labute approximate surface area is 119 Å². The molecule has 2 heterocycles. The minimum absolute atomic E-state index is 0.00325. The van der Waals surface area contributed by atoms with Crippen molar-refractivity contribution in [2.75, 3.05) is 23.7 Å². The fraction of sp³-hybridized carbons (Fsp3) is 0.643. The standard InChI is InChI=1S/C14H23N5O/c1-9(2)16-13(20)11-5-4-6-19(8-11)14-17-10(3)7-12(15)18-14/h7,9,11H,4-6,8H2,1-3H3,(H,16,20)(H2,15,17,18)/t11-/m0/s1. The quantitative estimate of drug-likeness (QED) is 0.864. The monoisotopic (exact) mass is 277 g/mol. The lowest BCUT2D eigenvalue weighted by molar-refractivity contribution is -0.125. The van der Waals surface area contributed by atoms with Gasteiger partial charge >= 0.3 is 0 Å². The Balaban J connectivity index is 2.08. The number of nitrogens with two attached hydrogens (primary N) is 1. The van der Waals surface area contributed by atoms with E-state index < -0.39 is 0 Å². The molecule has 1 aromatic rings. The van der Waals surface area contributed by atoms with Crippen molar-refractivity contribution in [3.8, 4) is 0 Å². The van der Waals surface area contributed by atoms with Gasteiger partial charge in [-0.05, 0) is 33.6 Å². The molecule has 1 amide bonds. The minimum Gasteiger partial charge on any atom is -0.384 e. The Bertz CT molecular complexity index is 468. The fourth-order valence-electron chi connectivity index (χ4n) is 2.49. The first-order valence-corrected chi connectivity index (χ1v) is 7.12. The van der Waals surface area contributed by atoms with Crippen LogP contribution in [0.4, 0.5) is 11.8 Å². The molecule has 0 unspecified atom stereocenters. The molecule has 0 radical (unpaired) electrons. The van der Waals surface area contributed by atoms with Crippen molar-refractivity contribution in [1.82, 2.24) is 15.3 Å². The number of nitrogen functional groups attached to an aromatic ring is 1. The van der Waals surface area contributed by atoms with E-state index in [4.69, 9.17) is 5.73 Å². The van der Waals surface area contributed by atoms with Crippen molar-refractivity contribution in [3.05, 3.63) is 11.8 Å². The minimum atomic E-state index is -0.00325. The second kappa shape index (κ2) is 6.07. The number of anilines is 2. The number of rotatable bonds is 3. The lowest BCUT2D eigenvalue weighted by Gasteiger charge is -2.32. The highest BCUT2D eigenvalue weighted by Crippen LogP contribution is 2.21. The van der Waals surface area contributed by atoms with Gasteiger partial charge in [-0.2, -0.15) is 4.98 Å². The summed E-state index contributed by atoms with van der Waals surface area (Å²) >= 11 is 0. The zero-order chi connectivity index (χ0) is 14.7. The summed E-state index contributed by atoms with van der Waals surface area (Å²) in [5.41, 5.74) is 6.62. The van der Waals surface area contributed by atoms with E-state index in [9.17, 15) is 4.79 Å². The van der Waals surface area contributed by atoms with Gasteiger partial charge in [0.25, 0.3) is 0 Å². The van der Waals surface area contributed by atoms with Crippen LogP contribution in [0.25, 0.3) is 0 Å². The molecule has 1 fully saturated rings. The van der Waals surface area contributed by atoms with Gasteiger partial charge in [-0.15, -0.1) is 0 Å². The van der Waals surface area contributed by atoms with Crippen molar-refractivity contribution in [2.24, 2.45) is 5.92 Å². The second-order valence-corrected chi connectivity index (χ2v) is 5.68. The topological polar surface area (TPSA) is 84.1 Å². The number of carbonyl (C=O) groups is 1. The summed E-state index contributed by atoms with van der Waals surface area (Å²) in [7, 11) is 0. The summed E-state index contributed by atoms with van der Waals surface area (Å²) in [6.07, 6.45) is 1.88. The number of hydrogen-bond donors (Lipinski definition) is 2. The largest absolute Gasteiger partial charge is 0.384 e. The first kappa shape index (κ1) is 14.6. The summed E-state index contributed by atoms with van der Waals surface area (Å²) in [6, 6.07) is 1.92. The number of hydrogen-bond acceptors (Lipinski definition) is 5. The van der Waals surface area contributed by atoms with Gasteiger partial charge in [0.2, 0.25) is 11.9 Å². The molecular weight excluding hydrogens is 254 g/mol. The number of carbonyl (C=O) groups excluding carboxylic acids is 1. The summed E-state index contributed by atoms with van der Waals surface area (Å²) in [4.78, 5) is 22.9. The summed E-state index contributed by atoms with van der Waals surface area (Å²) < 4.78 is 0. The molecular formula is C14H23N5O. The molecule has 6 heteroatoms. The first-order chi connectivity index (χ1) is 9.45. The Morgan fingerprint density at radius 2 is 2.25 bits per heavy atom. The number of nitrogens with one attached hydrogen (secondary N) is 1. The van der Waals surface area contributed by atoms with E-state index in [1.165, 1.54) is 0 Å². The Kier molecular flexibility index (Phi) is 4.42. The van der Waals surface area contributed by atoms with E-state index in [1.54, 1.807) is 6.07 Å². The molecule has 1 aliphatic rings. The predicted molar refractivity (Wildman–Crippen MR) is 79.4 cm³/mol. The number of aryl methyl sites for hydroxylation is 1. The van der Waals surface area contributed by atoms with Crippen LogP contribution in [0.2, 0.25) is 0 Å². The van der Waals surface area contributed by atoms with Crippen LogP contribution in [0.1, 0.15) is 32.4 Å². The van der Waals surface area contributed by atoms with Gasteiger partial charge in [-0.25, -0.2) is 4.98 Å². The number of piperidine rings is 1. The average molecular weight is 277 g/mol. The zero-order valence-corrected chi connectivity index (χ0v) is 12.4. The van der Waals surface area contributed by atoms with Crippen molar-refractivity contribution >= 4 is 17.7 Å². The maximum Gasteiger partial charge on any atom is 0.227 e. The Morgan fingerprint density at radius 3 is 2.90 bits per heavy atom. The molecule has 0 bridgehead atoms. The molecule has 0 aliphatic carbocycles. The van der Waals surface area contributed by atoms with Crippen LogP contribution in [0.5, 0.6) is 0 Å². The molecule has 1 aromatic heterocycles. The van der Waals surface area contributed by atoms with Gasteiger partial charge in [0.05, 0.1) is 5.92 Å². The maximum atomic E-state index is 12.1. The van der Waals surface area contributed by atoms with E-state index >= 15 is 0 Å². The Morgan fingerprint density at radius 1 is 1.50 bits per heavy atom. The highest BCUT2D eigenvalue weighted by molar-refractivity contribution is 5.79. The van der Waals surface area contributed by atoms with Crippen LogP contribution in [0.15, 0.2) is 6.07 Å². The average Bonchev–Trinajstić information content (AvgIpc) is 2.37. The fourth-order valence-corrected chi connectivity index (χ4v) is 2.49. The zero-order valence-electron chi connectivity index (χ0n) is 12.4. The molecule has 6 nitrogen and oxygen atoms in total. The van der Waals surface area contributed by atoms with Gasteiger partial charge in [0.1, 0.15) is 5.82 Å². The molecule has 1 atom stereocenters. The smallest absolute Gasteiger partial charge is 0.227 e. The van der Waals surface area contributed by atoms with Crippen molar-refractivity contribution < 1.29 is 4.79 Å². The molecule has 2 rings (SSSR count). The van der Waals surface area contributed by atoms with Gasteiger partial charge in [-0.1, -0.05) is 0 Å². The number of amides is 1. The molecule has 1 aliphatic heterocycles. The first-order valence-electron chi connectivity index (χ1n) is 7.12. The number of nitrogens with zero attached hydrogens (tertiary/aromatic N) is 3. The molecule has 3 N–H and O–H groups in total. The van der Waals surface area contributed by atoms with Crippen LogP contribution in [-0.2, 0) is 4.79 Å².